The van der Waals surface area contributed by atoms with E-state index in [0.717, 1.165) is 31.6 Å². The van der Waals surface area contributed by atoms with Crippen molar-refractivity contribution < 1.29 is 4.21 Å². The predicted molar refractivity (Wildman–Crippen MR) is 84.9 cm³/mol. The Hall–Kier alpha value is -0.670. The van der Waals surface area contributed by atoms with Gasteiger partial charge in [-0.15, -0.1) is 0 Å². The van der Waals surface area contributed by atoms with Gasteiger partial charge in [-0.25, -0.2) is 0 Å². The number of benzene rings is 1. The summed E-state index contributed by atoms with van der Waals surface area (Å²) >= 11 is 0. The molecule has 0 radical (unpaired) electrons. The molecule has 0 aliphatic carbocycles. The molecule has 0 bridgehead atoms. The first kappa shape index (κ1) is 16.4. The van der Waals surface area contributed by atoms with Gasteiger partial charge in [0.15, 0.2) is 0 Å². The van der Waals surface area contributed by atoms with Crippen molar-refractivity contribution in [3.8, 4) is 0 Å². The second-order valence-corrected chi connectivity index (χ2v) is 6.62. The first-order valence-electron chi connectivity index (χ1n) is 7.30. The molecule has 0 fully saturated rings. The van der Waals surface area contributed by atoms with E-state index in [1.54, 1.807) is 0 Å². The van der Waals surface area contributed by atoms with Gasteiger partial charge < -0.3 is 5.32 Å². The number of rotatable bonds is 9. The molecule has 1 rings (SSSR count). The van der Waals surface area contributed by atoms with E-state index in [9.17, 15) is 4.21 Å². The van der Waals surface area contributed by atoms with E-state index in [-0.39, 0.29) is 0 Å². The van der Waals surface area contributed by atoms with Crippen molar-refractivity contribution >= 4 is 10.8 Å². The first-order valence-corrected chi connectivity index (χ1v) is 8.79. The van der Waals surface area contributed by atoms with Crippen LogP contribution in [0.5, 0.6) is 0 Å². The normalized spacial score (nSPS) is 14.3. The molecule has 2 atom stereocenters. The van der Waals surface area contributed by atoms with Crippen LogP contribution in [0.3, 0.4) is 0 Å². The number of aryl methyl sites for hydroxylation is 1. The third-order valence-corrected chi connectivity index (χ3v) is 4.69. The molecular weight excluding hydrogens is 254 g/mol. The number of nitrogens with one attached hydrogen (secondary N) is 1. The fraction of sp³-hybridized carbons (Fsp3) is 0.625. The molecule has 0 saturated heterocycles. The maximum Gasteiger partial charge on any atom is 0.0488 e. The second kappa shape index (κ2) is 9.27. The zero-order chi connectivity index (χ0) is 14.1. The Bertz CT molecular complexity index is 392. The molecule has 0 aromatic heterocycles. The molecule has 1 aromatic carbocycles. The van der Waals surface area contributed by atoms with E-state index in [2.05, 4.69) is 38.2 Å². The average Bonchev–Trinajstić information content (AvgIpc) is 2.39. The molecule has 2 nitrogen and oxygen atoms in total. The fourth-order valence-electron chi connectivity index (χ4n) is 2.17. The third-order valence-electron chi connectivity index (χ3n) is 3.28. The Morgan fingerprint density at radius 1 is 1.21 bits per heavy atom. The van der Waals surface area contributed by atoms with Crippen LogP contribution in [0.2, 0.25) is 0 Å². The van der Waals surface area contributed by atoms with E-state index < -0.39 is 10.8 Å². The maximum atomic E-state index is 12.3. The van der Waals surface area contributed by atoms with Crippen LogP contribution in [0.4, 0.5) is 0 Å². The van der Waals surface area contributed by atoms with Gasteiger partial charge in [0.1, 0.15) is 0 Å². The summed E-state index contributed by atoms with van der Waals surface area (Å²) in [4.78, 5) is 0. The van der Waals surface area contributed by atoms with E-state index in [1.165, 1.54) is 11.1 Å². The van der Waals surface area contributed by atoms with Crippen molar-refractivity contribution in [2.24, 2.45) is 0 Å². The second-order valence-electron chi connectivity index (χ2n) is 5.12. The van der Waals surface area contributed by atoms with Crippen LogP contribution < -0.4 is 5.32 Å². The van der Waals surface area contributed by atoms with Crippen molar-refractivity contribution in [1.29, 1.82) is 0 Å². The lowest BCUT2D eigenvalue weighted by Gasteiger charge is -2.17. The molecule has 0 spiro atoms. The van der Waals surface area contributed by atoms with Gasteiger partial charge in [-0.2, -0.15) is 0 Å². The highest BCUT2D eigenvalue weighted by molar-refractivity contribution is 7.84. The Morgan fingerprint density at radius 3 is 2.58 bits per heavy atom. The quantitative estimate of drug-likeness (QED) is 0.751. The predicted octanol–water partition coefficient (Wildman–Crippen LogP) is 3.41. The fourth-order valence-corrected chi connectivity index (χ4v) is 3.69. The summed E-state index contributed by atoms with van der Waals surface area (Å²) in [6.07, 6.45) is 3.38. The molecule has 0 heterocycles. The van der Waals surface area contributed by atoms with Crippen molar-refractivity contribution in [2.45, 2.75) is 51.8 Å². The molecule has 1 aromatic rings. The Morgan fingerprint density at radius 2 is 1.95 bits per heavy atom. The highest BCUT2D eigenvalue weighted by Gasteiger charge is 2.12. The molecule has 108 valence electrons. The van der Waals surface area contributed by atoms with Gasteiger partial charge in [0.2, 0.25) is 0 Å². The maximum absolute atomic E-state index is 12.3. The van der Waals surface area contributed by atoms with Crippen molar-refractivity contribution in [3.05, 3.63) is 35.4 Å². The smallest absolute Gasteiger partial charge is 0.0488 e. The van der Waals surface area contributed by atoms with Crippen LogP contribution in [-0.2, 0) is 16.6 Å². The molecule has 2 unspecified atom stereocenters. The molecular formula is C16H27NOS. The van der Waals surface area contributed by atoms with Gasteiger partial charge in [0, 0.05) is 28.3 Å². The lowest BCUT2D eigenvalue weighted by Crippen LogP contribution is -2.34. The summed E-state index contributed by atoms with van der Waals surface area (Å²) in [5, 5.41) is 3.51. The third kappa shape index (κ3) is 6.35. The first-order chi connectivity index (χ1) is 9.17. The Kier molecular flexibility index (Phi) is 7.99. The summed E-state index contributed by atoms with van der Waals surface area (Å²) in [5.41, 5.74) is 2.45. The van der Waals surface area contributed by atoms with E-state index >= 15 is 0 Å². The molecule has 0 saturated carbocycles. The van der Waals surface area contributed by atoms with Crippen LogP contribution in [0.1, 0.15) is 44.2 Å². The zero-order valence-corrected chi connectivity index (χ0v) is 13.3. The van der Waals surface area contributed by atoms with Crippen molar-refractivity contribution in [3.63, 3.8) is 0 Å². The van der Waals surface area contributed by atoms with Gasteiger partial charge >= 0.3 is 0 Å². The lowest BCUT2D eigenvalue weighted by atomic mass is 10.1. The highest BCUT2D eigenvalue weighted by atomic mass is 32.2. The molecule has 0 aliphatic heterocycles. The Balaban J connectivity index is 2.50. The van der Waals surface area contributed by atoms with Crippen LogP contribution >= 0.6 is 0 Å². The van der Waals surface area contributed by atoms with Crippen LogP contribution in [0.15, 0.2) is 24.3 Å². The molecule has 0 aliphatic rings. The number of hydrogen-bond acceptors (Lipinski definition) is 2. The topological polar surface area (TPSA) is 29.1 Å². The number of hydrogen-bond donors (Lipinski definition) is 1. The van der Waals surface area contributed by atoms with Gasteiger partial charge in [0.25, 0.3) is 0 Å². The SMILES string of the molecule is CCCNC(CCC)CS(=O)Cc1ccccc1C. The van der Waals surface area contributed by atoms with Crippen molar-refractivity contribution in [2.75, 3.05) is 12.3 Å². The lowest BCUT2D eigenvalue weighted by molar-refractivity contribution is 0.510. The average molecular weight is 281 g/mol. The molecule has 3 heteroatoms. The summed E-state index contributed by atoms with van der Waals surface area (Å²) in [6, 6.07) is 8.63. The van der Waals surface area contributed by atoms with Crippen LogP contribution in [-0.4, -0.2) is 22.5 Å². The summed E-state index contributed by atoms with van der Waals surface area (Å²) < 4.78 is 12.3. The summed E-state index contributed by atoms with van der Waals surface area (Å²) in [7, 11) is -0.779. The molecule has 0 amide bonds. The van der Waals surface area contributed by atoms with Crippen molar-refractivity contribution in [1.82, 2.24) is 5.32 Å². The van der Waals surface area contributed by atoms with Gasteiger partial charge in [0.05, 0.1) is 0 Å². The zero-order valence-electron chi connectivity index (χ0n) is 12.4. The van der Waals surface area contributed by atoms with Gasteiger partial charge in [-0.3, -0.25) is 4.21 Å². The van der Waals surface area contributed by atoms with Gasteiger partial charge in [-0.1, -0.05) is 44.5 Å². The van der Waals surface area contributed by atoms with E-state index in [4.69, 9.17) is 0 Å². The van der Waals surface area contributed by atoms with Gasteiger partial charge in [-0.05, 0) is 37.4 Å². The highest BCUT2D eigenvalue weighted by Crippen LogP contribution is 2.11. The minimum Gasteiger partial charge on any atom is -0.313 e. The molecule has 19 heavy (non-hydrogen) atoms. The monoisotopic (exact) mass is 281 g/mol. The largest absolute Gasteiger partial charge is 0.313 e. The van der Waals surface area contributed by atoms with Crippen LogP contribution in [0, 0.1) is 6.92 Å². The summed E-state index contributed by atoms with van der Waals surface area (Å²) in [5.74, 6) is 1.45. The standard InChI is InChI=1S/C16H27NOS/c1-4-8-16(17-11-5-2)13-19(18)12-15-10-7-6-9-14(15)3/h6-7,9-10,16-17H,4-5,8,11-13H2,1-3H3. The minimum atomic E-state index is -0.779. The molecule has 1 N–H and O–H groups in total. The Labute approximate surface area is 120 Å². The summed E-state index contributed by atoms with van der Waals surface area (Å²) in [6.45, 7) is 7.46. The van der Waals surface area contributed by atoms with E-state index in [1.807, 2.05) is 12.1 Å². The minimum absolute atomic E-state index is 0.398. The van der Waals surface area contributed by atoms with Crippen LogP contribution in [0.25, 0.3) is 0 Å². The van der Waals surface area contributed by atoms with E-state index in [0.29, 0.717) is 11.8 Å².